The molecule has 1 heterocycles. The van der Waals surface area contributed by atoms with Crippen LogP contribution in [0.5, 0.6) is 11.5 Å². The number of hydrogen-bond acceptors (Lipinski definition) is 7. The SMILES string of the molecule is CC=C(C)C(O)COCCOCCN.CCCC(C)N.Cc1c(C)c2c(c(C)c1O)CCC(C)(CCCC(C)CCCC(C)CCCC(C)C)O2. The number of fused-ring (bicyclic) bond motifs is 1. The van der Waals surface area contributed by atoms with E-state index in [4.69, 9.17) is 25.7 Å². The fourth-order valence-corrected chi connectivity index (χ4v) is 6.55. The van der Waals surface area contributed by atoms with E-state index in [1.54, 1.807) is 0 Å². The largest absolute Gasteiger partial charge is 0.507 e. The third-order valence-electron chi connectivity index (χ3n) is 10.5. The van der Waals surface area contributed by atoms with Crippen LogP contribution < -0.4 is 16.2 Å². The Labute approximate surface area is 315 Å². The van der Waals surface area contributed by atoms with E-state index in [1.807, 2.05) is 40.7 Å². The van der Waals surface area contributed by atoms with Gasteiger partial charge in [0.2, 0.25) is 0 Å². The first-order valence-electron chi connectivity index (χ1n) is 20.5. The third-order valence-corrected chi connectivity index (χ3v) is 10.5. The van der Waals surface area contributed by atoms with E-state index in [9.17, 15) is 10.2 Å². The first-order valence-corrected chi connectivity index (χ1v) is 20.5. The van der Waals surface area contributed by atoms with Gasteiger partial charge in [0, 0.05) is 18.2 Å². The van der Waals surface area contributed by atoms with Crippen LogP contribution in [0.15, 0.2) is 11.6 Å². The average molecular weight is 721 g/mol. The van der Waals surface area contributed by atoms with E-state index in [0.717, 1.165) is 71.4 Å². The van der Waals surface area contributed by atoms with Crippen molar-refractivity contribution in [3.05, 3.63) is 33.9 Å². The summed E-state index contributed by atoms with van der Waals surface area (Å²) < 4.78 is 16.9. The van der Waals surface area contributed by atoms with Crippen LogP contribution in [0.3, 0.4) is 0 Å². The predicted molar refractivity (Wildman–Crippen MR) is 219 cm³/mol. The minimum absolute atomic E-state index is 0.0712. The molecule has 1 aliphatic rings. The van der Waals surface area contributed by atoms with E-state index >= 15 is 0 Å². The molecule has 0 saturated heterocycles. The number of aromatic hydroxyl groups is 1. The van der Waals surface area contributed by atoms with E-state index in [2.05, 4.69) is 48.5 Å². The number of nitrogens with two attached hydrogens (primary N) is 2. The highest BCUT2D eigenvalue weighted by Crippen LogP contribution is 2.44. The molecule has 300 valence electrons. The Morgan fingerprint density at radius 1 is 0.863 bits per heavy atom. The highest BCUT2D eigenvalue weighted by atomic mass is 16.5. The summed E-state index contributed by atoms with van der Waals surface area (Å²) in [6, 6.07) is 0.398. The zero-order chi connectivity index (χ0) is 39.0. The second-order valence-corrected chi connectivity index (χ2v) is 16.2. The summed E-state index contributed by atoms with van der Waals surface area (Å²) in [5, 5.41) is 19.9. The Balaban J connectivity index is 0.00000103. The molecule has 51 heavy (non-hydrogen) atoms. The third kappa shape index (κ3) is 21.6. The van der Waals surface area contributed by atoms with Gasteiger partial charge in [0.05, 0.1) is 32.5 Å². The van der Waals surface area contributed by atoms with Crippen LogP contribution in [0, 0.1) is 38.5 Å². The smallest absolute Gasteiger partial charge is 0.127 e. The van der Waals surface area contributed by atoms with Crippen molar-refractivity contribution in [2.24, 2.45) is 29.2 Å². The number of rotatable bonds is 22. The molecule has 2 rings (SSSR count). The molecule has 5 atom stereocenters. The number of ether oxygens (including phenoxy) is 3. The molecule has 7 heteroatoms. The molecule has 0 aromatic heterocycles. The molecule has 0 radical (unpaired) electrons. The Hall–Kier alpha value is -1.64. The van der Waals surface area contributed by atoms with Gasteiger partial charge in [-0.05, 0) is 121 Å². The van der Waals surface area contributed by atoms with Crippen molar-refractivity contribution >= 4 is 0 Å². The highest BCUT2D eigenvalue weighted by molar-refractivity contribution is 5.58. The molecule has 0 saturated carbocycles. The summed E-state index contributed by atoms with van der Waals surface area (Å²) in [6.07, 6.45) is 17.8. The first kappa shape index (κ1) is 49.4. The van der Waals surface area contributed by atoms with Crippen LogP contribution in [0.4, 0.5) is 0 Å². The van der Waals surface area contributed by atoms with Gasteiger partial charge in [-0.15, -0.1) is 0 Å². The van der Waals surface area contributed by atoms with Crippen LogP contribution >= 0.6 is 0 Å². The summed E-state index contributed by atoms with van der Waals surface area (Å²) in [5.74, 6) is 4.04. The number of hydrogen-bond donors (Lipinski definition) is 4. The number of benzene rings is 1. The fraction of sp³-hybridized carbons (Fsp3) is 0.818. The van der Waals surface area contributed by atoms with Gasteiger partial charge in [-0.3, -0.25) is 0 Å². The van der Waals surface area contributed by atoms with Crippen molar-refractivity contribution in [1.29, 1.82) is 0 Å². The first-order chi connectivity index (χ1) is 24.0. The number of phenols is 1. The van der Waals surface area contributed by atoms with Crippen molar-refractivity contribution in [2.45, 2.75) is 184 Å². The molecule has 0 amide bonds. The van der Waals surface area contributed by atoms with E-state index < -0.39 is 6.10 Å². The molecule has 1 aliphatic heterocycles. The minimum Gasteiger partial charge on any atom is -0.507 e. The van der Waals surface area contributed by atoms with Gasteiger partial charge in [0.25, 0.3) is 0 Å². The highest BCUT2D eigenvalue weighted by Gasteiger charge is 2.34. The number of aliphatic hydroxyl groups excluding tert-OH is 1. The molecule has 1 aromatic carbocycles. The normalized spacial score (nSPS) is 18.1. The zero-order valence-corrected chi connectivity index (χ0v) is 35.5. The lowest BCUT2D eigenvalue weighted by molar-refractivity contribution is 0.0158. The summed E-state index contributed by atoms with van der Waals surface area (Å²) in [5.41, 5.74) is 15.8. The van der Waals surface area contributed by atoms with Crippen LogP contribution in [0.1, 0.15) is 162 Å². The van der Waals surface area contributed by atoms with Crippen LogP contribution in [0.25, 0.3) is 0 Å². The van der Waals surface area contributed by atoms with Crippen LogP contribution in [0.2, 0.25) is 0 Å². The number of aliphatic hydroxyl groups is 1. The van der Waals surface area contributed by atoms with Crippen molar-refractivity contribution in [1.82, 2.24) is 0 Å². The average Bonchev–Trinajstić information content (AvgIpc) is 3.07. The summed E-state index contributed by atoms with van der Waals surface area (Å²) in [6.45, 7) is 28.3. The molecule has 0 bridgehead atoms. The Morgan fingerprint density at radius 2 is 1.43 bits per heavy atom. The van der Waals surface area contributed by atoms with E-state index in [-0.39, 0.29) is 5.60 Å². The lowest BCUT2D eigenvalue weighted by Gasteiger charge is -2.38. The number of phenolic OH excluding ortho intramolecular Hbond substituents is 1. The Kier molecular flexibility index (Phi) is 27.0. The molecule has 0 fully saturated rings. The second-order valence-electron chi connectivity index (χ2n) is 16.2. The fourth-order valence-electron chi connectivity index (χ4n) is 6.55. The molecule has 7 nitrogen and oxygen atoms in total. The van der Waals surface area contributed by atoms with E-state index in [0.29, 0.717) is 44.8 Å². The van der Waals surface area contributed by atoms with Crippen molar-refractivity contribution in [3.8, 4) is 11.5 Å². The van der Waals surface area contributed by atoms with Crippen molar-refractivity contribution < 1.29 is 24.4 Å². The number of allylic oxidation sites excluding steroid dienone is 1. The summed E-state index contributed by atoms with van der Waals surface area (Å²) in [4.78, 5) is 0. The van der Waals surface area contributed by atoms with Gasteiger partial charge in [0.1, 0.15) is 17.1 Å². The van der Waals surface area contributed by atoms with Gasteiger partial charge >= 0.3 is 0 Å². The lowest BCUT2D eigenvalue weighted by Crippen LogP contribution is -2.37. The summed E-state index contributed by atoms with van der Waals surface area (Å²) in [7, 11) is 0. The topological polar surface area (TPSA) is 120 Å². The maximum atomic E-state index is 10.4. The van der Waals surface area contributed by atoms with Crippen molar-refractivity contribution in [3.63, 3.8) is 0 Å². The quantitative estimate of drug-likeness (QED) is 0.0695. The molecule has 1 aromatic rings. The summed E-state index contributed by atoms with van der Waals surface area (Å²) >= 11 is 0. The van der Waals surface area contributed by atoms with Crippen molar-refractivity contribution in [2.75, 3.05) is 33.0 Å². The van der Waals surface area contributed by atoms with Gasteiger partial charge in [-0.25, -0.2) is 0 Å². The molecule has 5 unspecified atom stereocenters. The van der Waals surface area contributed by atoms with Gasteiger partial charge in [-0.1, -0.05) is 92.1 Å². The van der Waals surface area contributed by atoms with Gasteiger partial charge in [-0.2, -0.15) is 0 Å². The molecule has 6 N–H and O–H groups in total. The maximum absolute atomic E-state index is 10.4. The standard InChI is InChI=1S/C29H50O2.C10H21NO3.C5H13N/c1-20(2)12-9-13-21(3)14-10-15-22(4)16-11-18-29(8)19-17-26-25(7)27(30)23(5)24(6)28(26)31-29;1-3-9(2)10(12)8-14-7-6-13-5-4-11;1-3-4-5(2)6/h20-22,30H,9-19H2,1-8H3;3,10,12H,4-8,11H2,1-2H3;5H,3-4,6H2,1-2H3. The van der Waals surface area contributed by atoms with Crippen LogP contribution in [-0.4, -0.2) is 60.9 Å². The second kappa shape index (κ2) is 27.9. The maximum Gasteiger partial charge on any atom is 0.127 e. The monoisotopic (exact) mass is 721 g/mol. The molecular weight excluding hydrogens is 636 g/mol. The van der Waals surface area contributed by atoms with Gasteiger partial charge < -0.3 is 35.9 Å². The minimum atomic E-state index is -0.505. The lowest BCUT2D eigenvalue weighted by atomic mass is 9.84. The van der Waals surface area contributed by atoms with E-state index in [1.165, 1.54) is 63.4 Å². The van der Waals surface area contributed by atoms with Gasteiger partial charge in [0.15, 0.2) is 0 Å². The predicted octanol–water partition coefficient (Wildman–Crippen LogP) is 10.3. The van der Waals surface area contributed by atoms with Crippen LogP contribution in [-0.2, 0) is 15.9 Å². The zero-order valence-electron chi connectivity index (χ0n) is 35.5. The molecule has 0 spiro atoms. The Morgan fingerprint density at radius 3 is 1.94 bits per heavy atom. The Bertz CT molecular complexity index is 1070. The molecular formula is C44H84N2O5. The molecule has 0 aliphatic carbocycles.